The lowest BCUT2D eigenvalue weighted by Gasteiger charge is -2.11. The van der Waals surface area contributed by atoms with Gasteiger partial charge in [0.1, 0.15) is 0 Å². The molecule has 0 bridgehead atoms. The molecule has 2 nitrogen and oxygen atoms in total. The molecule has 0 saturated carbocycles. The number of aromatic nitrogens is 2. The molecule has 0 N–H and O–H groups in total. The van der Waals surface area contributed by atoms with E-state index in [-0.39, 0.29) is 0 Å². The van der Waals surface area contributed by atoms with Gasteiger partial charge in [0.2, 0.25) is 0 Å². The highest BCUT2D eigenvalue weighted by Crippen LogP contribution is 2.33. The monoisotopic (exact) mass is 386 g/mol. The van der Waals surface area contributed by atoms with Gasteiger partial charge in [-0.15, -0.1) is 0 Å². The van der Waals surface area contributed by atoms with Crippen LogP contribution in [0.3, 0.4) is 0 Å². The number of nitrogens with zero attached hydrogens (tertiary/aromatic N) is 2. The summed E-state index contributed by atoms with van der Waals surface area (Å²) < 4.78 is 1.07. The summed E-state index contributed by atoms with van der Waals surface area (Å²) in [4.78, 5) is 8.52. The molecule has 0 fully saturated rings. The zero-order valence-corrected chi connectivity index (χ0v) is 15.0. The van der Waals surface area contributed by atoms with E-state index in [2.05, 4.69) is 74.4 Å². The molecule has 0 aliphatic heterocycles. The third-order valence-corrected chi connectivity index (χ3v) is 4.57. The van der Waals surface area contributed by atoms with E-state index in [4.69, 9.17) is 0 Å². The van der Waals surface area contributed by atoms with E-state index in [1.807, 2.05) is 30.6 Å². The minimum absolute atomic E-state index is 1.07. The normalized spacial score (nSPS) is 10.6. The Kier molecular flexibility index (Phi) is 4.40. The molecule has 4 rings (SSSR count). The van der Waals surface area contributed by atoms with Crippen molar-refractivity contribution in [3.05, 3.63) is 96.0 Å². The Morgan fingerprint density at radius 2 is 1.04 bits per heavy atom. The van der Waals surface area contributed by atoms with Crippen LogP contribution in [0, 0.1) is 0 Å². The molecule has 0 unspecified atom stereocenters. The standard InChI is InChI=1S/C22H15BrN2/c23-22-7-1-4-16(13-22)19-10-20(17-5-2-8-24-14-17)12-21(11-19)18-6-3-9-25-15-18/h1-15H. The summed E-state index contributed by atoms with van der Waals surface area (Å²) in [6.07, 6.45) is 7.38. The van der Waals surface area contributed by atoms with E-state index in [9.17, 15) is 0 Å². The lowest BCUT2D eigenvalue weighted by molar-refractivity contribution is 1.32. The van der Waals surface area contributed by atoms with Crippen LogP contribution in [-0.2, 0) is 0 Å². The molecule has 120 valence electrons. The number of hydrogen-bond donors (Lipinski definition) is 0. The summed E-state index contributed by atoms with van der Waals surface area (Å²) in [7, 11) is 0. The quantitative estimate of drug-likeness (QED) is 0.416. The van der Waals surface area contributed by atoms with E-state index in [0.717, 1.165) is 26.7 Å². The highest BCUT2D eigenvalue weighted by Gasteiger charge is 2.08. The predicted molar refractivity (Wildman–Crippen MR) is 106 cm³/mol. The molecule has 0 amide bonds. The Balaban J connectivity index is 1.92. The molecular formula is C22H15BrN2. The van der Waals surface area contributed by atoms with Gasteiger partial charge < -0.3 is 0 Å². The molecule has 0 saturated heterocycles. The van der Waals surface area contributed by atoms with E-state index >= 15 is 0 Å². The SMILES string of the molecule is Brc1cccc(-c2cc(-c3cccnc3)cc(-c3cccnc3)c2)c1. The molecule has 3 heteroatoms. The lowest BCUT2D eigenvalue weighted by Crippen LogP contribution is -1.87. The molecule has 25 heavy (non-hydrogen) atoms. The Bertz CT molecular complexity index is 941. The fourth-order valence-electron chi connectivity index (χ4n) is 2.86. The first-order chi connectivity index (χ1) is 12.3. The second-order valence-electron chi connectivity index (χ2n) is 5.79. The summed E-state index contributed by atoms with van der Waals surface area (Å²) in [5.74, 6) is 0. The van der Waals surface area contributed by atoms with Crippen molar-refractivity contribution in [3.8, 4) is 33.4 Å². The number of halogens is 1. The Hall–Kier alpha value is -2.78. The van der Waals surface area contributed by atoms with Gasteiger partial charge in [-0.25, -0.2) is 0 Å². The number of rotatable bonds is 3. The number of pyridine rings is 2. The Labute approximate surface area is 155 Å². The van der Waals surface area contributed by atoms with Crippen LogP contribution in [0.15, 0.2) is 96.0 Å². The summed E-state index contributed by atoms with van der Waals surface area (Å²) in [6.45, 7) is 0. The maximum atomic E-state index is 4.26. The largest absolute Gasteiger partial charge is 0.264 e. The van der Waals surface area contributed by atoms with Gasteiger partial charge in [-0.1, -0.05) is 40.2 Å². The van der Waals surface area contributed by atoms with Gasteiger partial charge in [-0.2, -0.15) is 0 Å². The molecule has 0 aliphatic carbocycles. The van der Waals surface area contributed by atoms with Crippen LogP contribution in [0.1, 0.15) is 0 Å². The maximum Gasteiger partial charge on any atom is 0.0346 e. The predicted octanol–water partition coefficient (Wildman–Crippen LogP) is 6.24. The van der Waals surface area contributed by atoms with Crippen molar-refractivity contribution in [2.24, 2.45) is 0 Å². The van der Waals surface area contributed by atoms with Crippen molar-refractivity contribution in [1.29, 1.82) is 0 Å². The maximum absolute atomic E-state index is 4.26. The van der Waals surface area contributed by atoms with Crippen LogP contribution < -0.4 is 0 Å². The molecular weight excluding hydrogens is 372 g/mol. The van der Waals surface area contributed by atoms with Crippen LogP contribution in [0.2, 0.25) is 0 Å². The zero-order valence-electron chi connectivity index (χ0n) is 13.4. The van der Waals surface area contributed by atoms with Crippen LogP contribution in [0.4, 0.5) is 0 Å². The van der Waals surface area contributed by atoms with E-state index in [1.54, 1.807) is 12.4 Å². The van der Waals surface area contributed by atoms with Gasteiger partial charge in [-0.05, 0) is 64.7 Å². The van der Waals surface area contributed by atoms with Crippen molar-refractivity contribution >= 4 is 15.9 Å². The van der Waals surface area contributed by atoms with E-state index in [0.29, 0.717) is 0 Å². The minimum Gasteiger partial charge on any atom is -0.264 e. The van der Waals surface area contributed by atoms with Crippen LogP contribution in [0.25, 0.3) is 33.4 Å². The first-order valence-corrected chi connectivity index (χ1v) is 8.81. The summed E-state index contributed by atoms with van der Waals surface area (Å²) in [6, 6.07) is 23.1. The first kappa shape index (κ1) is 15.7. The average molecular weight is 387 g/mol. The fourth-order valence-corrected chi connectivity index (χ4v) is 3.26. The topological polar surface area (TPSA) is 25.8 Å². The molecule has 0 atom stereocenters. The van der Waals surface area contributed by atoms with Crippen molar-refractivity contribution in [2.45, 2.75) is 0 Å². The van der Waals surface area contributed by atoms with Crippen molar-refractivity contribution in [3.63, 3.8) is 0 Å². The molecule has 0 radical (unpaired) electrons. The summed E-state index contributed by atoms with van der Waals surface area (Å²) >= 11 is 3.57. The number of benzene rings is 2. The Morgan fingerprint density at radius 1 is 0.520 bits per heavy atom. The van der Waals surface area contributed by atoms with E-state index < -0.39 is 0 Å². The van der Waals surface area contributed by atoms with Crippen molar-refractivity contribution in [1.82, 2.24) is 9.97 Å². The summed E-state index contributed by atoms with van der Waals surface area (Å²) in [5.41, 5.74) is 6.83. The Morgan fingerprint density at radius 3 is 1.52 bits per heavy atom. The van der Waals surface area contributed by atoms with Crippen molar-refractivity contribution in [2.75, 3.05) is 0 Å². The molecule has 2 aromatic heterocycles. The second kappa shape index (κ2) is 6.99. The highest BCUT2D eigenvalue weighted by atomic mass is 79.9. The van der Waals surface area contributed by atoms with Gasteiger partial charge in [0, 0.05) is 40.4 Å². The van der Waals surface area contributed by atoms with Gasteiger partial charge >= 0.3 is 0 Å². The molecule has 2 aromatic carbocycles. The first-order valence-electron chi connectivity index (χ1n) is 8.01. The average Bonchev–Trinajstić information content (AvgIpc) is 2.69. The lowest BCUT2D eigenvalue weighted by atomic mass is 9.94. The van der Waals surface area contributed by atoms with E-state index in [1.165, 1.54) is 11.1 Å². The fraction of sp³-hybridized carbons (Fsp3) is 0. The van der Waals surface area contributed by atoms with Gasteiger partial charge in [0.25, 0.3) is 0 Å². The third-order valence-electron chi connectivity index (χ3n) is 4.08. The summed E-state index contributed by atoms with van der Waals surface area (Å²) in [5, 5.41) is 0. The molecule has 0 spiro atoms. The second-order valence-corrected chi connectivity index (χ2v) is 6.71. The van der Waals surface area contributed by atoms with Gasteiger partial charge in [-0.3, -0.25) is 9.97 Å². The van der Waals surface area contributed by atoms with Gasteiger partial charge in [0.15, 0.2) is 0 Å². The highest BCUT2D eigenvalue weighted by molar-refractivity contribution is 9.10. The number of hydrogen-bond acceptors (Lipinski definition) is 2. The smallest absolute Gasteiger partial charge is 0.0346 e. The minimum atomic E-state index is 1.07. The van der Waals surface area contributed by atoms with Crippen LogP contribution >= 0.6 is 15.9 Å². The van der Waals surface area contributed by atoms with Crippen LogP contribution in [-0.4, -0.2) is 9.97 Å². The van der Waals surface area contributed by atoms with Crippen LogP contribution in [0.5, 0.6) is 0 Å². The van der Waals surface area contributed by atoms with Gasteiger partial charge in [0.05, 0.1) is 0 Å². The molecule has 4 aromatic rings. The van der Waals surface area contributed by atoms with Crippen molar-refractivity contribution < 1.29 is 0 Å². The molecule has 2 heterocycles. The third kappa shape index (κ3) is 3.52. The molecule has 0 aliphatic rings. The zero-order chi connectivity index (χ0) is 17.1.